The average Bonchev–Trinajstić information content (AvgIpc) is 2.25. The molecule has 0 radical (unpaired) electrons. The summed E-state index contributed by atoms with van der Waals surface area (Å²) in [6.45, 7) is 11.6. The van der Waals surface area contributed by atoms with Crippen LogP contribution in [-0.4, -0.2) is 30.6 Å². The van der Waals surface area contributed by atoms with E-state index in [-0.39, 0.29) is 17.6 Å². The van der Waals surface area contributed by atoms with Crippen LogP contribution in [0.15, 0.2) is 12.7 Å². The molecule has 1 aliphatic rings. The molecule has 19 heavy (non-hydrogen) atoms. The highest BCUT2D eigenvalue weighted by Crippen LogP contribution is 2.39. The van der Waals surface area contributed by atoms with Gasteiger partial charge in [0.05, 0.1) is 18.8 Å². The van der Waals surface area contributed by atoms with Crippen molar-refractivity contribution in [1.82, 2.24) is 0 Å². The molecule has 106 valence electrons. The Morgan fingerprint density at radius 2 is 2.05 bits per heavy atom. The number of hydrogen-bond acceptors (Lipinski definition) is 4. The van der Waals surface area contributed by atoms with E-state index in [4.69, 9.17) is 9.47 Å². The van der Waals surface area contributed by atoms with E-state index in [9.17, 15) is 4.79 Å². The van der Waals surface area contributed by atoms with Crippen molar-refractivity contribution < 1.29 is 19.0 Å². The summed E-state index contributed by atoms with van der Waals surface area (Å²) in [5, 5.41) is 0. The predicted octanol–water partition coefficient (Wildman–Crippen LogP) is 2.29. The van der Waals surface area contributed by atoms with Crippen LogP contribution in [0.25, 0.3) is 0 Å². The van der Waals surface area contributed by atoms with Crippen molar-refractivity contribution in [3.63, 3.8) is 0 Å². The predicted molar refractivity (Wildman–Crippen MR) is 72.2 cm³/mol. The van der Waals surface area contributed by atoms with Crippen LogP contribution in [0.2, 0.25) is 0 Å². The molecule has 0 unspecified atom stereocenters. The maximum atomic E-state index is 11.0. The zero-order chi connectivity index (χ0) is 14.7. The highest BCUT2D eigenvalue weighted by Gasteiger charge is 2.46. The van der Waals surface area contributed by atoms with Crippen molar-refractivity contribution in [1.29, 1.82) is 0 Å². The van der Waals surface area contributed by atoms with Crippen LogP contribution in [-0.2, 0) is 19.0 Å². The Morgan fingerprint density at radius 3 is 2.58 bits per heavy atom. The van der Waals surface area contributed by atoms with Crippen LogP contribution in [0.4, 0.5) is 0 Å². The van der Waals surface area contributed by atoms with Gasteiger partial charge in [0, 0.05) is 18.3 Å². The highest BCUT2D eigenvalue weighted by molar-refractivity contribution is 5.88. The lowest BCUT2D eigenvalue weighted by atomic mass is 9.83. The van der Waals surface area contributed by atoms with Crippen molar-refractivity contribution in [3.8, 4) is 11.8 Å². The van der Waals surface area contributed by atoms with E-state index < -0.39 is 11.8 Å². The van der Waals surface area contributed by atoms with Crippen molar-refractivity contribution in [2.24, 2.45) is 5.92 Å². The molecule has 1 fully saturated rings. The number of esters is 1. The van der Waals surface area contributed by atoms with Crippen molar-refractivity contribution in [2.75, 3.05) is 7.11 Å². The molecule has 1 heterocycles. The third kappa shape index (κ3) is 4.09. The minimum absolute atomic E-state index is 0.00692. The van der Waals surface area contributed by atoms with Gasteiger partial charge in [-0.1, -0.05) is 12.0 Å². The van der Waals surface area contributed by atoms with Gasteiger partial charge in [0.25, 0.3) is 0 Å². The maximum absolute atomic E-state index is 11.0. The van der Waals surface area contributed by atoms with Crippen LogP contribution in [0.3, 0.4) is 0 Å². The molecular formula is C15H22O4. The molecule has 0 spiro atoms. The van der Waals surface area contributed by atoms with E-state index in [2.05, 4.69) is 23.2 Å². The van der Waals surface area contributed by atoms with Gasteiger partial charge >= 0.3 is 5.97 Å². The van der Waals surface area contributed by atoms with E-state index in [1.54, 1.807) is 0 Å². The van der Waals surface area contributed by atoms with Gasteiger partial charge in [-0.05, 0) is 27.7 Å². The minimum Gasteiger partial charge on any atom is -0.459 e. The van der Waals surface area contributed by atoms with Crippen LogP contribution in [0.5, 0.6) is 0 Å². The van der Waals surface area contributed by atoms with E-state index in [0.29, 0.717) is 6.42 Å². The number of carbonyl (C=O) groups is 1. The summed E-state index contributed by atoms with van der Waals surface area (Å²) in [5.74, 6) is 3.99. The van der Waals surface area contributed by atoms with Gasteiger partial charge in [-0.2, -0.15) is 0 Å². The second-order valence-electron chi connectivity index (χ2n) is 5.52. The normalized spacial score (nSPS) is 27.8. The number of methoxy groups -OCH3 is 1. The van der Waals surface area contributed by atoms with E-state index in [1.807, 2.05) is 33.8 Å². The molecule has 0 aliphatic carbocycles. The highest BCUT2D eigenvalue weighted by atomic mass is 16.7. The monoisotopic (exact) mass is 266 g/mol. The fraction of sp³-hybridized carbons (Fsp3) is 0.667. The first-order valence-electron chi connectivity index (χ1n) is 6.29. The van der Waals surface area contributed by atoms with Crippen molar-refractivity contribution in [3.05, 3.63) is 12.7 Å². The minimum atomic E-state index is -0.680. The molecule has 0 bridgehead atoms. The zero-order valence-corrected chi connectivity index (χ0v) is 12.3. The molecule has 0 N–H and O–H groups in total. The molecule has 2 atom stereocenters. The smallest absolute Gasteiger partial charge is 0.384 e. The molecule has 4 nitrogen and oxygen atoms in total. The Balaban J connectivity index is 2.85. The van der Waals surface area contributed by atoms with Gasteiger partial charge in [-0.15, -0.1) is 6.58 Å². The third-order valence-corrected chi connectivity index (χ3v) is 3.08. The average molecular weight is 266 g/mol. The first kappa shape index (κ1) is 15.7. The topological polar surface area (TPSA) is 44.8 Å². The van der Waals surface area contributed by atoms with Gasteiger partial charge in [-0.3, -0.25) is 0 Å². The Bertz CT molecular complexity index is 412. The number of carbonyl (C=O) groups excluding carboxylic acids is 1. The van der Waals surface area contributed by atoms with Gasteiger partial charge < -0.3 is 14.2 Å². The fourth-order valence-electron chi connectivity index (χ4n) is 2.49. The maximum Gasteiger partial charge on any atom is 0.384 e. The van der Waals surface area contributed by atoms with Crippen molar-refractivity contribution >= 4 is 5.97 Å². The van der Waals surface area contributed by atoms with E-state index >= 15 is 0 Å². The van der Waals surface area contributed by atoms with Crippen LogP contribution < -0.4 is 0 Å². The number of rotatable bonds is 2. The lowest BCUT2D eigenvalue weighted by molar-refractivity contribution is -0.340. The Hall–Kier alpha value is -1.31. The summed E-state index contributed by atoms with van der Waals surface area (Å²) < 4.78 is 16.3. The molecule has 4 heteroatoms. The molecular weight excluding hydrogens is 244 g/mol. The SMILES string of the molecule is C=C[C@H]1[C@@H](CC#CC(=O)OC)OC(C)(C)OC1(C)C. The van der Waals surface area contributed by atoms with Gasteiger partial charge in [0.1, 0.15) is 0 Å². The summed E-state index contributed by atoms with van der Waals surface area (Å²) >= 11 is 0. The first-order valence-corrected chi connectivity index (χ1v) is 6.29. The quantitative estimate of drug-likeness (QED) is 0.333. The van der Waals surface area contributed by atoms with Gasteiger partial charge in [0.15, 0.2) is 5.79 Å². The van der Waals surface area contributed by atoms with Crippen molar-refractivity contribution in [2.45, 2.75) is 51.6 Å². The van der Waals surface area contributed by atoms with Crippen LogP contribution in [0.1, 0.15) is 34.1 Å². The summed E-state index contributed by atoms with van der Waals surface area (Å²) in [7, 11) is 1.31. The first-order chi connectivity index (χ1) is 8.72. The zero-order valence-electron chi connectivity index (χ0n) is 12.3. The number of ether oxygens (including phenoxy) is 3. The van der Waals surface area contributed by atoms with E-state index in [1.165, 1.54) is 7.11 Å². The molecule has 1 rings (SSSR count). The van der Waals surface area contributed by atoms with E-state index in [0.717, 1.165) is 0 Å². The third-order valence-electron chi connectivity index (χ3n) is 3.08. The lowest BCUT2D eigenvalue weighted by Crippen LogP contribution is -2.55. The van der Waals surface area contributed by atoms with Gasteiger partial charge in [-0.25, -0.2) is 4.79 Å². The second-order valence-corrected chi connectivity index (χ2v) is 5.52. The molecule has 0 saturated carbocycles. The molecule has 0 aromatic carbocycles. The largest absolute Gasteiger partial charge is 0.459 e. The molecule has 1 saturated heterocycles. The second kappa shape index (κ2) is 5.77. The van der Waals surface area contributed by atoms with Crippen LogP contribution >= 0.6 is 0 Å². The summed E-state index contributed by atoms with van der Waals surface area (Å²) in [5.41, 5.74) is -0.388. The molecule has 0 aromatic heterocycles. The van der Waals surface area contributed by atoms with Crippen LogP contribution in [0, 0.1) is 17.8 Å². The number of hydrogen-bond donors (Lipinski definition) is 0. The molecule has 1 aliphatic heterocycles. The Morgan fingerprint density at radius 1 is 1.42 bits per heavy atom. The Labute approximate surface area is 115 Å². The summed E-state index contributed by atoms with van der Waals surface area (Å²) in [4.78, 5) is 11.0. The Kier molecular flexibility index (Phi) is 4.78. The molecule has 0 aromatic rings. The summed E-state index contributed by atoms with van der Waals surface area (Å²) in [6, 6.07) is 0. The summed E-state index contributed by atoms with van der Waals surface area (Å²) in [6.07, 6.45) is 2.09. The standard InChI is InChI=1S/C15H22O4/c1-7-11-12(9-8-10-13(16)17-6)18-15(4,5)19-14(11,2)3/h7,11-12H,1,9H2,2-6H3/t11-,12+/m0/s1. The fourth-order valence-corrected chi connectivity index (χ4v) is 2.49. The lowest BCUT2D eigenvalue weighted by Gasteiger charge is -2.49. The molecule has 0 amide bonds. The van der Waals surface area contributed by atoms with Gasteiger partial charge in [0.2, 0.25) is 0 Å².